The van der Waals surface area contributed by atoms with E-state index in [-0.39, 0.29) is 0 Å². The Morgan fingerprint density at radius 3 is 2.33 bits per heavy atom. The number of halogens is 2. The van der Waals surface area contributed by atoms with E-state index in [0.717, 1.165) is 16.5 Å². The molecule has 0 unspecified atom stereocenters. The fourth-order valence-electron chi connectivity index (χ4n) is 1.83. The van der Waals surface area contributed by atoms with E-state index in [1.165, 1.54) is 12.8 Å². The van der Waals surface area contributed by atoms with Crippen LogP contribution in [0.2, 0.25) is 19.6 Å². The van der Waals surface area contributed by atoms with Crippen molar-refractivity contribution in [1.29, 1.82) is 0 Å². The number of hydrogen-bond donors (Lipinski definition) is 1. The second kappa shape index (κ2) is 8.71. The molecule has 0 radical (unpaired) electrons. The van der Waals surface area contributed by atoms with Crippen LogP contribution in [0.15, 0.2) is 17.1 Å². The third-order valence-corrected chi connectivity index (χ3v) is 5.13. The minimum atomic E-state index is -1.59. The summed E-state index contributed by atoms with van der Waals surface area (Å²) in [4.78, 5) is 4.44. The van der Waals surface area contributed by atoms with Gasteiger partial charge in [0.25, 0.3) is 0 Å². The van der Waals surface area contributed by atoms with Gasteiger partial charge in [0, 0.05) is 11.8 Å². The van der Waals surface area contributed by atoms with Crippen molar-refractivity contribution in [3.8, 4) is 11.5 Å². The zero-order chi connectivity index (χ0) is 16.0. The average molecular weight is 426 g/mol. The topological polar surface area (TPSA) is 41.8 Å². The van der Waals surface area contributed by atoms with Crippen LogP contribution < -0.4 is 9.92 Å². The van der Waals surface area contributed by atoms with E-state index >= 15 is 0 Å². The number of hydrogen-bond acceptors (Lipinski definition) is 3. The van der Waals surface area contributed by atoms with E-state index in [2.05, 4.69) is 24.6 Å². The number of aromatic hydroxyl groups is 1. The van der Waals surface area contributed by atoms with Gasteiger partial charge in [-0.05, 0) is 30.2 Å². The Morgan fingerprint density at radius 1 is 1.33 bits per heavy atom. The fraction of sp³-hybridized carbons (Fsp3) is 0.500. The molecule has 21 heavy (non-hydrogen) atoms. The summed E-state index contributed by atoms with van der Waals surface area (Å²) in [6, 6.07) is 4.27. The van der Waals surface area contributed by atoms with E-state index in [4.69, 9.17) is 21.8 Å². The molecule has 0 atom stereocenters. The normalized spacial score (nSPS) is 14.6. The third-order valence-electron chi connectivity index (χ3n) is 3.13. The van der Waals surface area contributed by atoms with Gasteiger partial charge in [0.2, 0.25) is 0 Å². The van der Waals surface area contributed by atoms with Gasteiger partial charge in [0.1, 0.15) is 11.5 Å². The number of phenolic OH excluding ortho intramolecular Hbond substituents is 1. The van der Waals surface area contributed by atoms with Gasteiger partial charge in [0.15, 0.2) is 0 Å². The molecular formula is C14H21Cl2NO2SiZr. The summed E-state index contributed by atoms with van der Waals surface area (Å²) in [7, 11) is 9.93. The van der Waals surface area contributed by atoms with Crippen LogP contribution in [0.1, 0.15) is 18.4 Å². The standard InChI is InChI=1S/C14H21NO2Si.2ClH.Zr/c1-17-12-7-10(9-15-11-5-6-11)14(16)13(8-12)18(2,3)4;;;/h7-9,11,16H,5-6H2,1-4H3;2*1H;/q;;;+2/p-2. The zero-order valence-electron chi connectivity index (χ0n) is 12.8. The molecule has 1 N–H and O–H groups in total. The van der Waals surface area contributed by atoms with Crippen LogP contribution in [0, 0.1) is 0 Å². The number of phenols is 1. The quantitative estimate of drug-likeness (QED) is 0.587. The predicted octanol–water partition coefficient (Wildman–Crippen LogP) is 3.90. The summed E-state index contributed by atoms with van der Waals surface area (Å²) in [5.41, 5.74) is 0.777. The molecule has 2 rings (SSSR count). The van der Waals surface area contributed by atoms with Gasteiger partial charge in [-0.2, -0.15) is 0 Å². The second-order valence-electron chi connectivity index (χ2n) is 5.94. The average Bonchev–Trinajstić information content (AvgIpc) is 3.21. The van der Waals surface area contributed by atoms with Gasteiger partial charge in [-0.15, -0.1) is 0 Å². The molecule has 0 saturated heterocycles. The number of benzene rings is 1. The van der Waals surface area contributed by atoms with Gasteiger partial charge in [-0.25, -0.2) is 0 Å². The maximum absolute atomic E-state index is 10.4. The van der Waals surface area contributed by atoms with Crippen LogP contribution in [0.5, 0.6) is 11.5 Å². The first kappa shape index (κ1) is 19.2. The van der Waals surface area contributed by atoms with Crippen LogP contribution in [-0.4, -0.2) is 32.5 Å². The SMILES string of the molecule is COc1cc(C=NC2CC2)c(O)c([Si](C)(C)C)c1.[Cl][Zr][Cl]. The Hall–Kier alpha value is 0.170. The summed E-state index contributed by atoms with van der Waals surface area (Å²) in [5, 5.41) is 11.4. The van der Waals surface area contributed by atoms with Crippen LogP contribution in [0.4, 0.5) is 0 Å². The fourth-order valence-corrected chi connectivity index (χ4v) is 3.26. The van der Waals surface area contributed by atoms with Crippen molar-refractivity contribution < 1.29 is 30.7 Å². The first-order valence-electron chi connectivity index (χ1n) is 6.74. The van der Waals surface area contributed by atoms with Crippen molar-refractivity contribution in [3.63, 3.8) is 0 Å². The Kier molecular flexibility index (Phi) is 7.97. The molecule has 0 amide bonds. The first-order valence-corrected chi connectivity index (χ1v) is 16.6. The molecule has 1 fully saturated rings. The van der Waals surface area contributed by atoms with Gasteiger partial charge >= 0.3 is 37.9 Å². The van der Waals surface area contributed by atoms with E-state index in [1.54, 1.807) is 13.3 Å². The molecule has 0 spiro atoms. The Bertz CT molecular complexity index is 502. The molecule has 1 aliphatic carbocycles. The molecule has 0 aromatic heterocycles. The molecule has 0 heterocycles. The van der Waals surface area contributed by atoms with Crippen molar-refractivity contribution in [2.24, 2.45) is 4.99 Å². The van der Waals surface area contributed by atoms with Crippen LogP contribution in [-0.2, 0) is 20.8 Å². The van der Waals surface area contributed by atoms with Gasteiger partial charge in [-0.1, -0.05) is 19.6 Å². The van der Waals surface area contributed by atoms with Crippen LogP contribution in [0.25, 0.3) is 0 Å². The van der Waals surface area contributed by atoms with Gasteiger partial charge in [-0.3, -0.25) is 4.99 Å². The van der Waals surface area contributed by atoms with Crippen molar-refractivity contribution >= 4 is 36.5 Å². The van der Waals surface area contributed by atoms with E-state index in [9.17, 15) is 5.11 Å². The first-order chi connectivity index (χ1) is 9.83. The van der Waals surface area contributed by atoms with Gasteiger partial charge in [0.05, 0.1) is 21.2 Å². The van der Waals surface area contributed by atoms with E-state index < -0.39 is 28.9 Å². The maximum atomic E-state index is 10.4. The molecule has 1 saturated carbocycles. The Labute approximate surface area is 146 Å². The zero-order valence-corrected chi connectivity index (χ0v) is 17.8. The van der Waals surface area contributed by atoms with Crippen LogP contribution in [0.3, 0.4) is 0 Å². The summed E-state index contributed by atoms with van der Waals surface area (Å²) >= 11 is -0.826. The molecule has 0 bridgehead atoms. The molecule has 7 heteroatoms. The number of nitrogens with zero attached hydrogens (tertiary/aromatic N) is 1. The second-order valence-corrected chi connectivity index (χ2v) is 14.7. The molecule has 1 aromatic rings. The summed E-state index contributed by atoms with van der Waals surface area (Å²) < 4.78 is 5.32. The third kappa shape index (κ3) is 6.43. The number of rotatable bonds is 4. The van der Waals surface area contributed by atoms with Crippen molar-refractivity contribution in [2.75, 3.05) is 7.11 Å². The Balaban J connectivity index is 0.000000677. The molecule has 3 nitrogen and oxygen atoms in total. The van der Waals surface area contributed by atoms with Crippen LogP contribution >= 0.6 is 17.0 Å². The van der Waals surface area contributed by atoms with E-state index in [0.29, 0.717) is 11.8 Å². The molecule has 1 aromatic carbocycles. The predicted molar refractivity (Wildman–Crippen MR) is 90.0 cm³/mol. The summed E-state index contributed by atoms with van der Waals surface area (Å²) in [6.07, 6.45) is 4.13. The monoisotopic (exact) mass is 423 g/mol. The molecular weight excluding hydrogens is 404 g/mol. The number of ether oxygens (including phenoxy) is 1. The molecule has 0 aliphatic heterocycles. The number of methoxy groups -OCH3 is 1. The van der Waals surface area contributed by atoms with E-state index in [1.807, 2.05) is 12.1 Å². The molecule has 1 aliphatic rings. The molecule has 116 valence electrons. The Morgan fingerprint density at radius 2 is 1.90 bits per heavy atom. The minimum absolute atomic E-state index is 0.374. The van der Waals surface area contributed by atoms with Crippen molar-refractivity contribution in [2.45, 2.75) is 38.5 Å². The van der Waals surface area contributed by atoms with Crippen molar-refractivity contribution in [1.82, 2.24) is 0 Å². The summed E-state index contributed by atoms with van der Waals surface area (Å²) in [5.74, 6) is 1.17. The van der Waals surface area contributed by atoms with Gasteiger partial charge < -0.3 is 9.84 Å². The summed E-state index contributed by atoms with van der Waals surface area (Å²) in [6.45, 7) is 6.63. The number of aliphatic imine (C=N–C) groups is 1. The van der Waals surface area contributed by atoms with Crippen molar-refractivity contribution in [3.05, 3.63) is 17.7 Å².